The van der Waals surface area contributed by atoms with Crippen LogP contribution in [0.15, 0.2) is 41.4 Å². The zero-order valence-corrected chi connectivity index (χ0v) is 14.4. The summed E-state index contributed by atoms with van der Waals surface area (Å²) in [5.74, 6) is 1.73. The number of ether oxygens (including phenoxy) is 2. The van der Waals surface area contributed by atoms with Crippen LogP contribution in [0.3, 0.4) is 0 Å². The van der Waals surface area contributed by atoms with E-state index in [1.54, 1.807) is 18.2 Å². The average molecular weight is 361 g/mol. The van der Waals surface area contributed by atoms with Crippen molar-refractivity contribution < 1.29 is 17.9 Å². The molecule has 0 bridgehead atoms. The molecule has 1 fully saturated rings. The first-order valence-electron chi connectivity index (χ1n) is 8.25. The predicted octanol–water partition coefficient (Wildman–Crippen LogP) is 2.97. The molecule has 1 aliphatic heterocycles. The number of hydrogen-bond acceptors (Lipinski definition) is 6. The topological polar surface area (TPSA) is 89.6 Å². The van der Waals surface area contributed by atoms with Gasteiger partial charge in [-0.3, -0.25) is 4.72 Å². The molecule has 2 N–H and O–H groups in total. The molecule has 0 atom stereocenters. The Morgan fingerprint density at radius 2 is 1.84 bits per heavy atom. The number of anilines is 2. The highest BCUT2D eigenvalue weighted by Crippen LogP contribution is 2.34. The van der Waals surface area contributed by atoms with E-state index in [9.17, 15) is 8.42 Å². The lowest BCUT2D eigenvalue weighted by atomic mass is 10.2. The van der Waals surface area contributed by atoms with E-state index in [0.717, 1.165) is 18.7 Å². The third-order valence-electron chi connectivity index (χ3n) is 4.38. The second kappa shape index (κ2) is 6.44. The summed E-state index contributed by atoms with van der Waals surface area (Å²) >= 11 is 0. The molecule has 4 rings (SSSR count). The van der Waals surface area contributed by atoms with E-state index in [4.69, 9.17) is 9.47 Å². The quantitative estimate of drug-likeness (QED) is 0.851. The summed E-state index contributed by atoms with van der Waals surface area (Å²) in [6.07, 6.45) is 6.30. The largest absolute Gasteiger partial charge is 0.454 e. The molecule has 0 unspecified atom stereocenters. The lowest BCUT2D eigenvalue weighted by Crippen LogP contribution is -2.16. The summed E-state index contributed by atoms with van der Waals surface area (Å²) in [5, 5.41) is 3.37. The zero-order valence-electron chi connectivity index (χ0n) is 13.6. The number of hydrogen-bond donors (Lipinski definition) is 2. The minimum Gasteiger partial charge on any atom is -0.454 e. The fourth-order valence-electron chi connectivity index (χ4n) is 3.08. The van der Waals surface area contributed by atoms with Gasteiger partial charge in [0.25, 0.3) is 10.0 Å². The van der Waals surface area contributed by atoms with Gasteiger partial charge in [-0.05, 0) is 37.1 Å². The van der Waals surface area contributed by atoms with Gasteiger partial charge < -0.3 is 14.8 Å². The van der Waals surface area contributed by atoms with E-state index in [1.165, 1.54) is 31.2 Å². The van der Waals surface area contributed by atoms with Crippen molar-refractivity contribution in [1.82, 2.24) is 4.98 Å². The maximum absolute atomic E-state index is 12.5. The Balaban J connectivity index is 1.47. The number of sulfonamides is 1. The monoisotopic (exact) mass is 361 g/mol. The van der Waals surface area contributed by atoms with Crippen molar-refractivity contribution in [2.75, 3.05) is 16.8 Å². The van der Waals surface area contributed by atoms with E-state index in [-0.39, 0.29) is 11.7 Å². The Kier molecular flexibility index (Phi) is 4.12. The van der Waals surface area contributed by atoms with Gasteiger partial charge in [-0.25, -0.2) is 13.4 Å². The van der Waals surface area contributed by atoms with Gasteiger partial charge >= 0.3 is 0 Å². The second-order valence-electron chi connectivity index (χ2n) is 6.18. The van der Waals surface area contributed by atoms with E-state index in [0.29, 0.717) is 23.2 Å². The lowest BCUT2D eigenvalue weighted by Gasteiger charge is -2.13. The van der Waals surface area contributed by atoms with Crippen molar-refractivity contribution in [3.05, 3.63) is 36.5 Å². The summed E-state index contributed by atoms with van der Waals surface area (Å²) in [4.78, 5) is 4.41. The molecule has 1 saturated carbocycles. The third-order valence-corrected chi connectivity index (χ3v) is 5.76. The highest BCUT2D eigenvalue weighted by atomic mass is 32.2. The van der Waals surface area contributed by atoms with Gasteiger partial charge in [0.05, 0.1) is 16.8 Å². The first-order chi connectivity index (χ1) is 12.1. The molecule has 0 spiro atoms. The van der Waals surface area contributed by atoms with Crippen molar-refractivity contribution in [2.45, 2.75) is 36.6 Å². The molecular weight excluding hydrogens is 342 g/mol. The normalized spacial score (nSPS) is 16.8. The lowest BCUT2D eigenvalue weighted by molar-refractivity contribution is 0.174. The minimum absolute atomic E-state index is 0.103. The summed E-state index contributed by atoms with van der Waals surface area (Å²) in [6, 6.07) is 8.48. The standard InChI is InChI=1S/C17H19N3O4S/c21-25(22,14-6-7-15-16(9-14)24-11-23-15)20-13-5-8-17(18-10-13)19-12-3-1-2-4-12/h5-10,12,20H,1-4,11H2,(H,18,19). The van der Waals surface area contributed by atoms with Crippen LogP contribution in [-0.4, -0.2) is 26.2 Å². The molecule has 0 saturated heterocycles. The van der Waals surface area contributed by atoms with Crippen LogP contribution in [0.2, 0.25) is 0 Å². The zero-order chi connectivity index (χ0) is 17.3. The maximum Gasteiger partial charge on any atom is 0.262 e. The molecule has 7 nitrogen and oxygen atoms in total. The highest BCUT2D eigenvalue weighted by Gasteiger charge is 2.20. The fraction of sp³-hybridized carbons (Fsp3) is 0.353. The molecular formula is C17H19N3O4S. The molecule has 25 heavy (non-hydrogen) atoms. The number of benzene rings is 1. The average Bonchev–Trinajstić information content (AvgIpc) is 3.27. The van der Waals surface area contributed by atoms with Crippen molar-refractivity contribution in [1.29, 1.82) is 0 Å². The molecule has 2 aliphatic rings. The molecule has 1 aromatic heterocycles. The summed E-state index contributed by atoms with van der Waals surface area (Å²) in [6.45, 7) is 0.103. The minimum atomic E-state index is -3.72. The molecule has 1 aliphatic carbocycles. The number of pyridine rings is 1. The molecule has 2 aromatic rings. The van der Waals surface area contributed by atoms with E-state index in [1.807, 2.05) is 0 Å². The molecule has 8 heteroatoms. The van der Waals surface area contributed by atoms with Crippen LogP contribution in [-0.2, 0) is 10.0 Å². The first kappa shape index (κ1) is 16.0. The fourth-order valence-corrected chi connectivity index (χ4v) is 4.14. The Hall–Kier alpha value is -2.48. The Bertz CT molecular complexity index is 862. The van der Waals surface area contributed by atoms with Crippen LogP contribution in [0.4, 0.5) is 11.5 Å². The van der Waals surface area contributed by atoms with Gasteiger partial charge in [0, 0.05) is 12.1 Å². The molecule has 2 heterocycles. The summed E-state index contributed by atoms with van der Waals surface area (Å²) < 4.78 is 38.0. The first-order valence-corrected chi connectivity index (χ1v) is 9.73. The van der Waals surface area contributed by atoms with E-state index < -0.39 is 10.0 Å². The number of aromatic nitrogens is 1. The Morgan fingerprint density at radius 3 is 2.60 bits per heavy atom. The summed E-state index contributed by atoms with van der Waals surface area (Å²) in [7, 11) is -3.72. The van der Waals surface area contributed by atoms with Crippen LogP contribution < -0.4 is 19.5 Å². The predicted molar refractivity (Wildman–Crippen MR) is 93.5 cm³/mol. The Morgan fingerprint density at radius 1 is 1.04 bits per heavy atom. The van der Waals surface area contributed by atoms with Crippen molar-refractivity contribution in [3.63, 3.8) is 0 Å². The second-order valence-corrected chi connectivity index (χ2v) is 7.86. The van der Waals surface area contributed by atoms with Gasteiger partial charge in [0.2, 0.25) is 6.79 Å². The van der Waals surface area contributed by atoms with Gasteiger partial charge in [-0.1, -0.05) is 12.8 Å². The van der Waals surface area contributed by atoms with Crippen LogP contribution >= 0.6 is 0 Å². The molecule has 0 radical (unpaired) electrons. The van der Waals surface area contributed by atoms with E-state index >= 15 is 0 Å². The van der Waals surface area contributed by atoms with Gasteiger partial charge in [0.1, 0.15) is 5.82 Å². The SMILES string of the molecule is O=S(=O)(Nc1ccc(NC2CCCC2)nc1)c1ccc2c(c1)OCO2. The Labute approximate surface area is 146 Å². The molecule has 132 valence electrons. The number of nitrogens with zero attached hydrogens (tertiary/aromatic N) is 1. The highest BCUT2D eigenvalue weighted by molar-refractivity contribution is 7.92. The number of nitrogens with one attached hydrogen (secondary N) is 2. The van der Waals surface area contributed by atoms with Crippen molar-refractivity contribution in [2.24, 2.45) is 0 Å². The van der Waals surface area contributed by atoms with Crippen LogP contribution in [0.25, 0.3) is 0 Å². The maximum atomic E-state index is 12.5. The van der Waals surface area contributed by atoms with Crippen LogP contribution in [0.5, 0.6) is 11.5 Å². The number of rotatable bonds is 5. The van der Waals surface area contributed by atoms with Gasteiger partial charge in [-0.2, -0.15) is 0 Å². The van der Waals surface area contributed by atoms with Gasteiger partial charge in [0.15, 0.2) is 11.5 Å². The van der Waals surface area contributed by atoms with E-state index in [2.05, 4.69) is 15.0 Å². The van der Waals surface area contributed by atoms with Crippen LogP contribution in [0, 0.1) is 0 Å². The summed E-state index contributed by atoms with van der Waals surface area (Å²) in [5.41, 5.74) is 0.412. The smallest absolute Gasteiger partial charge is 0.262 e. The number of fused-ring (bicyclic) bond motifs is 1. The third kappa shape index (κ3) is 3.48. The molecule has 0 amide bonds. The van der Waals surface area contributed by atoms with Crippen molar-refractivity contribution in [3.8, 4) is 11.5 Å². The van der Waals surface area contributed by atoms with Crippen LogP contribution in [0.1, 0.15) is 25.7 Å². The molecule has 1 aromatic carbocycles. The van der Waals surface area contributed by atoms with Gasteiger partial charge in [-0.15, -0.1) is 0 Å². The van der Waals surface area contributed by atoms with Crippen molar-refractivity contribution >= 4 is 21.5 Å².